The van der Waals surface area contributed by atoms with Gasteiger partial charge < -0.3 is 10.4 Å². The lowest BCUT2D eigenvalue weighted by atomic mass is 9.94. The first-order chi connectivity index (χ1) is 12.0. The summed E-state index contributed by atoms with van der Waals surface area (Å²) in [4.78, 5) is 48.2. The van der Waals surface area contributed by atoms with Crippen molar-refractivity contribution in [2.45, 2.75) is 25.8 Å². The van der Waals surface area contributed by atoms with Crippen molar-refractivity contribution in [2.75, 3.05) is 5.32 Å². The SMILES string of the molecule is O=C(O)Cn1c2c(cc(NC(=O)c3ccccc3)c1=O)C(=O)CCC2. The average Bonchev–Trinajstić information content (AvgIpc) is 2.60. The number of carboxylic acid groups (broad SMARTS) is 1. The number of nitrogens with one attached hydrogen (secondary N) is 1. The smallest absolute Gasteiger partial charge is 0.323 e. The van der Waals surface area contributed by atoms with E-state index in [1.165, 1.54) is 6.07 Å². The van der Waals surface area contributed by atoms with Crippen LogP contribution in [-0.4, -0.2) is 27.3 Å². The lowest BCUT2D eigenvalue weighted by Crippen LogP contribution is -2.33. The maximum Gasteiger partial charge on any atom is 0.323 e. The van der Waals surface area contributed by atoms with Gasteiger partial charge in [-0.2, -0.15) is 0 Å². The Balaban J connectivity index is 2.06. The molecular formula is C18H16N2O5. The first-order valence-electron chi connectivity index (χ1n) is 7.85. The van der Waals surface area contributed by atoms with E-state index in [9.17, 15) is 19.2 Å². The second-order valence-electron chi connectivity index (χ2n) is 5.80. The van der Waals surface area contributed by atoms with Crippen molar-refractivity contribution < 1.29 is 19.5 Å². The molecule has 0 spiro atoms. The van der Waals surface area contributed by atoms with Gasteiger partial charge in [0, 0.05) is 23.2 Å². The molecule has 0 bridgehead atoms. The molecule has 7 heteroatoms. The minimum absolute atomic E-state index is 0.0934. The Morgan fingerprint density at radius 3 is 2.52 bits per heavy atom. The van der Waals surface area contributed by atoms with E-state index in [0.717, 1.165) is 4.57 Å². The van der Waals surface area contributed by atoms with Crippen LogP contribution in [0.1, 0.15) is 39.3 Å². The number of ketones is 1. The van der Waals surface area contributed by atoms with Crippen LogP contribution in [0.5, 0.6) is 0 Å². The van der Waals surface area contributed by atoms with Crippen molar-refractivity contribution in [1.82, 2.24) is 4.57 Å². The van der Waals surface area contributed by atoms with Crippen LogP contribution in [-0.2, 0) is 17.8 Å². The molecule has 0 saturated carbocycles. The molecule has 25 heavy (non-hydrogen) atoms. The van der Waals surface area contributed by atoms with Crippen LogP contribution in [0, 0.1) is 0 Å². The van der Waals surface area contributed by atoms with E-state index in [4.69, 9.17) is 5.11 Å². The van der Waals surface area contributed by atoms with Crippen LogP contribution in [0.15, 0.2) is 41.2 Å². The van der Waals surface area contributed by atoms with Crippen LogP contribution >= 0.6 is 0 Å². The van der Waals surface area contributed by atoms with E-state index < -0.39 is 24.0 Å². The number of carbonyl (C=O) groups is 3. The Bertz CT molecular complexity index is 915. The maximum atomic E-state index is 12.6. The second kappa shape index (κ2) is 6.72. The summed E-state index contributed by atoms with van der Waals surface area (Å²) >= 11 is 0. The van der Waals surface area contributed by atoms with Gasteiger partial charge in [-0.1, -0.05) is 18.2 Å². The van der Waals surface area contributed by atoms with Crippen molar-refractivity contribution in [2.24, 2.45) is 0 Å². The standard InChI is InChI=1S/C18H16N2O5/c21-15-8-4-7-14-12(15)9-13(18(25)20(14)10-16(22)23)19-17(24)11-5-2-1-3-6-11/h1-3,5-6,9H,4,7-8,10H2,(H,19,24)(H,22,23). The lowest BCUT2D eigenvalue weighted by Gasteiger charge is -2.21. The third-order valence-corrected chi connectivity index (χ3v) is 4.10. The van der Waals surface area contributed by atoms with Gasteiger partial charge in [-0.05, 0) is 31.0 Å². The highest BCUT2D eigenvalue weighted by molar-refractivity contribution is 6.05. The van der Waals surface area contributed by atoms with E-state index >= 15 is 0 Å². The van der Waals surface area contributed by atoms with Crippen LogP contribution in [0.2, 0.25) is 0 Å². The van der Waals surface area contributed by atoms with Gasteiger partial charge in [0.1, 0.15) is 12.2 Å². The molecule has 1 aromatic heterocycles. The zero-order valence-electron chi connectivity index (χ0n) is 13.3. The fourth-order valence-corrected chi connectivity index (χ4v) is 2.94. The molecule has 0 saturated heterocycles. The zero-order valence-corrected chi connectivity index (χ0v) is 13.3. The quantitative estimate of drug-likeness (QED) is 0.881. The molecule has 1 amide bonds. The number of carboxylic acids is 1. The number of nitrogens with zero attached hydrogens (tertiary/aromatic N) is 1. The van der Waals surface area contributed by atoms with Gasteiger partial charge in [-0.3, -0.25) is 23.7 Å². The van der Waals surface area contributed by atoms with Gasteiger partial charge in [0.15, 0.2) is 5.78 Å². The molecule has 0 fully saturated rings. The number of hydrogen-bond acceptors (Lipinski definition) is 4. The number of carbonyl (C=O) groups excluding carboxylic acids is 2. The topological polar surface area (TPSA) is 105 Å². The number of amides is 1. The molecule has 1 aliphatic carbocycles. The Morgan fingerprint density at radius 1 is 1.12 bits per heavy atom. The highest BCUT2D eigenvalue weighted by Gasteiger charge is 2.24. The highest BCUT2D eigenvalue weighted by atomic mass is 16.4. The second-order valence-corrected chi connectivity index (χ2v) is 5.80. The summed E-state index contributed by atoms with van der Waals surface area (Å²) in [5.41, 5.74) is 0.358. The molecule has 0 unspecified atom stereocenters. The third kappa shape index (κ3) is 3.35. The first kappa shape index (κ1) is 16.6. The fraction of sp³-hybridized carbons (Fsp3) is 0.222. The zero-order chi connectivity index (χ0) is 18.0. The fourth-order valence-electron chi connectivity index (χ4n) is 2.94. The Labute approximate surface area is 142 Å². The minimum atomic E-state index is -1.19. The molecule has 128 valence electrons. The number of aliphatic carboxylic acids is 1. The molecule has 0 atom stereocenters. The summed E-state index contributed by atoms with van der Waals surface area (Å²) in [6.45, 7) is -0.552. The molecule has 1 heterocycles. The van der Waals surface area contributed by atoms with Crippen molar-refractivity contribution in [3.8, 4) is 0 Å². The van der Waals surface area contributed by atoms with Gasteiger partial charge in [0.25, 0.3) is 11.5 Å². The molecule has 1 aromatic carbocycles. The predicted molar refractivity (Wildman–Crippen MR) is 90.0 cm³/mol. The number of hydrogen-bond donors (Lipinski definition) is 2. The number of pyridine rings is 1. The van der Waals surface area contributed by atoms with Gasteiger partial charge in [-0.15, -0.1) is 0 Å². The van der Waals surface area contributed by atoms with Gasteiger partial charge in [0.05, 0.1) is 0 Å². The lowest BCUT2D eigenvalue weighted by molar-refractivity contribution is -0.137. The molecule has 2 aromatic rings. The molecule has 0 aliphatic heterocycles. The summed E-state index contributed by atoms with van der Waals surface area (Å²) < 4.78 is 1.06. The molecule has 3 rings (SSSR count). The number of rotatable bonds is 4. The van der Waals surface area contributed by atoms with Crippen LogP contribution in [0.4, 0.5) is 5.69 Å². The summed E-state index contributed by atoms with van der Waals surface area (Å²) in [7, 11) is 0. The summed E-state index contributed by atoms with van der Waals surface area (Å²) in [5, 5.41) is 11.6. The van der Waals surface area contributed by atoms with Gasteiger partial charge in [-0.25, -0.2) is 0 Å². The Morgan fingerprint density at radius 2 is 1.84 bits per heavy atom. The van der Waals surface area contributed by atoms with E-state index in [1.807, 2.05) is 0 Å². The highest BCUT2D eigenvalue weighted by Crippen LogP contribution is 2.22. The average molecular weight is 340 g/mol. The third-order valence-electron chi connectivity index (χ3n) is 4.10. The van der Waals surface area contributed by atoms with E-state index in [0.29, 0.717) is 36.1 Å². The molecule has 1 aliphatic rings. The largest absolute Gasteiger partial charge is 0.480 e. The number of fused-ring (bicyclic) bond motifs is 1. The predicted octanol–water partition coefficient (Wildman–Crippen LogP) is 1.70. The molecule has 0 radical (unpaired) electrons. The number of benzene rings is 1. The Kier molecular flexibility index (Phi) is 4.47. The van der Waals surface area contributed by atoms with Crippen molar-refractivity contribution in [1.29, 1.82) is 0 Å². The number of Topliss-reactive ketones (excluding diaryl/α,β-unsaturated/α-hetero) is 1. The van der Waals surface area contributed by atoms with Crippen LogP contribution < -0.4 is 10.9 Å². The molecule has 7 nitrogen and oxygen atoms in total. The summed E-state index contributed by atoms with van der Waals surface area (Å²) in [6, 6.07) is 9.68. The first-order valence-corrected chi connectivity index (χ1v) is 7.85. The summed E-state index contributed by atoms with van der Waals surface area (Å²) in [5.74, 6) is -1.84. The maximum absolute atomic E-state index is 12.6. The van der Waals surface area contributed by atoms with Crippen molar-refractivity contribution in [3.05, 3.63) is 63.6 Å². The number of aromatic nitrogens is 1. The van der Waals surface area contributed by atoms with E-state index in [2.05, 4.69) is 5.32 Å². The van der Waals surface area contributed by atoms with Gasteiger partial charge in [0.2, 0.25) is 0 Å². The van der Waals surface area contributed by atoms with E-state index in [1.54, 1.807) is 30.3 Å². The monoisotopic (exact) mass is 340 g/mol. The normalized spacial score (nSPS) is 13.2. The minimum Gasteiger partial charge on any atom is -0.480 e. The van der Waals surface area contributed by atoms with Crippen molar-refractivity contribution >= 4 is 23.3 Å². The van der Waals surface area contributed by atoms with Crippen LogP contribution in [0.3, 0.4) is 0 Å². The van der Waals surface area contributed by atoms with E-state index in [-0.39, 0.29) is 11.5 Å². The van der Waals surface area contributed by atoms with Crippen LogP contribution in [0.25, 0.3) is 0 Å². The number of anilines is 1. The Hall–Kier alpha value is -3.22. The summed E-state index contributed by atoms with van der Waals surface area (Å²) in [6.07, 6.45) is 1.36. The molecular weight excluding hydrogens is 324 g/mol. The van der Waals surface area contributed by atoms with Crippen molar-refractivity contribution in [3.63, 3.8) is 0 Å². The molecule has 2 N–H and O–H groups in total. The van der Waals surface area contributed by atoms with Gasteiger partial charge >= 0.3 is 5.97 Å².